The molecule has 0 aliphatic heterocycles. The third-order valence-electron chi connectivity index (χ3n) is 2.71. The van der Waals surface area contributed by atoms with E-state index in [1.165, 1.54) is 12.1 Å². The standard InChI is InChI=1S/C17H14FNO3/c18-16-9-8-15(20)11-14(16)7-4-10-19-17(21)22-12-13-5-2-1-3-6-13/h1-3,5-6,8-9,11,20H,10,12H2,(H,19,21). The Morgan fingerprint density at radius 2 is 2.00 bits per heavy atom. The van der Waals surface area contributed by atoms with Gasteiger partial charge in [0.05, 0.1) is 12.1 Å². The predicted molar refractivity (Wildman–Crippen MR) is 79.6 cm³/mol. The fraction of sp³-hybridized carbons (Fsp3) is 0.118. The molecule has 22 heavy (non-hydrogen) atoms. The summed E-state index contributed by atoms with van der Waals surface area (Å²) in [7, 11) is 0. The molecule has 2 N–H and O–H groups in total. The molecule has 112 valence electrons. The summed E-state index contributed by atoms with van der Waals surface area (Å²) in [5.74, 6) is 4.51. The molecule has 4 nitrogen and oxygen atoms in total. The van der Waals surface area contributed by atoms with Crippen LogP contribution in [-0.2, 0) is 11.3 Å². The highest BCUT2D eigenvalue weighted by Crippen LogP contribution is 2.13. The predicted octanol–water partition coefficient (Wildman–Crippen LogP) is 2.81. The van der Waals surface area contributed by atoms with E-state index < -0.39 is 11.9 Å². The van der Waals surface area contributed by atoms with Crippen molar-refractivity contribution in [3.63, 3.8) is 0 Å². The third kappa shape index (κ3) is 4.84. The quantitative estimate of drug-likeness (QED) is 0.857. The number of nitrogens with one attached hydrogen (secondary N) is 1. The van der Waals surface area contributed by atoms with Crippen LogP contribution in [0.1, 0.15) is 11.1 Å². The molecule has 0 bridgehead atoms. The number of phenols is 1. The highest BCUT2D eigenvalue weighted by molar-refractivity contribution is 5.67. The fourth-order valence-electron chi connectivity index (χ4n) is 1.64. The molecule has 0 heterocycles. The van der Waals surface area contributed by atoms with Crippen LogP contribution < -0.4 is 5.32 Å². The number of halogens is 1. The van der Waals surface area contributed by atoms with E-state index in [0.29, 0.717) is 0 Å². The number of aromatic hydroxyl groups is 1. The smallest absolute Gasteiger partial charge is 0.408 e. The van der Waals surface area contributed by atoms with Crippen LogP contribution in [0.15, 0.2) is 48.5 Å². The number of carbonyl (C=O) groups excluding carboxylic acids is 1. The molecule has 2 aromatic carbocycles. The van der Waals surface area contributed by atoms with Crippen LogP contribution in [0, 0.1) is 17.7 Å². The van der Waals surface area contributed by atoms with Crippen LogP contribution in [0.4, 0.5) is 9.18 Å². The normalized spacial score (nSPS) is 9.50. The number of alkyl carbamates (subject to hydrolysis) is 1. The second-order valence-electron chi connectivity index (χ2n) is 4.38. The minimum absolute atomic E-state index is 0.0166. The summed E-state index contributed by atoms with van der Waals surface area (Å²) in [6.45, 7) is 0.185. The van der Waals surface area contributed by atoms with E-state index in [9.17, 15) is 14.3 Å². The Balaban J connectivity index is 1.78. The molecule has 0 spiro atoms. The molecule has 2 aromatic rings. The van der Waals surface area contributed by atoms with Crippen molar-refractivity contribution in [2.45, 2.75) is 6.61 Å². The second kappa shape index (κ2) is 7.70. The van der Waals surface area contributed by atoms with Crippen LogP contribution in [0.25, 0.3) is 0 Å². The van der Waals surface area contributed by atoms with Gasteiger partial charge in [0.25, 0.3) is 0 Å². The van der Waals surface area contributed by atoms with Gasteiger partial charge in [-0.2, -0.15) is 0 Å². The number of ether oxygens (including phenoxy) is 1. The molecule has 0 aliphatic carbocycles. The summed E-state index contributed by atoms with van der Waals surface area (Å²) in [6.07, 6.45) is -0.602. The van der Waals surface area contributed by atoms with E-state index in [2.05, 4.69) is 17.2 Å². The Morgan fingerprint density at radius 1 is 1.23 bits per heavy atom. The lowest BCUT2D eigenvalue weighted by Crippen LogP contribution is -2.24. The lowest BCUT2D eigenvalue weighted by Gasteiger charge is -2.04. The number of rotatable bonds is 3. The summed E-state index contributed by atoms with van der Waals surface area (Å²) >= 11 is 0. The Labute approximate surface area is 127 Å². The molecule has 0 saturated carbocycles. The van der Waals surface area contributed by atoms with Crippen molar-refractivity contribution >= 4 is 6.09 Å². The molecule has 0 aliphatic rings. The van der Waals surface area contributed by atoms with Crippen molar-refractivity contribution < 1.29 is 19.0 Å². The van der Waals surface area contributed by atoms with E-state index >= 15 is 0 Å². The summed E-state index contributed by atoms with van der Waals surface area (Å²) in [5.41, 5.74) is 0.949. The van der Waals surface area contributed by atoms with Crippen LogP contribution in [-0.4, -0.2) is 17.7 Å². The summed E-state index contributed by atoms with van der Waals surface area (Å²) < 4.78 is 18.3. The van der Waals surface area contributed by atoms with Crippen molar-refractivity contribution in [3.05, 3.63) is 65.5 Å². The number of carbonyl (C=O) groups is 1. The van der Waals surface area contributed by atoms with E-state index in [1.807, 2.05) is 30.3 Å². The van der Waals surface area contributed by atoms with Gasteiger partial charge in [0.1, 0.15) is 18.2 Å². The maximum Gasteiger partial charge on any atom is 0.408 e. The lowest BCUT2D eigenvalue weighted by atomic mass is 10.2. The number of hydrogen-bond donors (Lipinski definition) is 2. The maximum absolute atomic E-state index is 13.3. The number of amides is 1. The Morgan fingerprint density at radius 3 is 2.77 bits per heavy atom. The molecule has 0 radical (unpaired) electrons. The molecule has 5 heteroatoms. The first-order chi connectivity index (χ1) is 10.6. The van der Waals surface area contributed by atoms with Crippen LogP contribution in [0.2, 0.25) is 0 Å². The summed E-state index contributed by atoms with van der Waals surface area (Å²) in [6, 6.07) is 12.9. The first-order valence-electron chi connectivity index (χ1n) is 6.57. The van der Waals surface area contributed by atoms with Crippen molar-refractivity contribution in [1.29, 1.82) is 0 Å². The van der Waals surface area contributed by atoms with Crippen LogP contribution in [0.5, 0.6) is 5.75 Å². The van der Waals surface area contributed by atoms with Gasteiger partial charge in [-0.1, -0.05) is 42.2 Å². The van der Waals surface area contributed by atoms with Gasteiger partial charge in [0.2, 0.25) is 0 Å². The molecule has 0 saturated heterocycles. The molecular weight excluding hydrogens is 285 g/mol. The van der Waals surface area contributed by atoms with E-state index in [1.54, 1.807) is 0 Å². The maximum atomic E-state index is 13.3. The van der Waals surface area contributed by atoms with Crippen LogP contribution in [0.3, 0.4) is 0 Å². The van der Waals surface area contributed by atoms with E-state index in [4.69, 9.17) is 4.74 Å². The van der Waals surface area contributed by atoms with Gasteiger partial charge in [-0.25, -0.2) is 9.18 Å². The average Bonchev–Trinajstić information content (AvgIpc) is 2.53. The molecular formula is C17H14FNO3. The topological polar surface area (TPSA) is 58.6 Å². The number of benzene rings is 2. The molecule has 1 amide bonds. The Kier molecular flexibility index (Phi) is 5.38. The van der Waals surface area contributed by atoms with Crippen molar-refractivity contribution in [2.75, 3.05) is 6.54 Å². The molecule has 0 atom stereocenters. The zero-order chi connectivity index (χ0) is 15.8. The van der Waals surface area contributed by atoms with Gasteiger partial charge in [-0.3, -0.25) is 0 Å². The van der Waals surface area contributed by atoms with Crippen LogP contribution >= 0.6 is 0 Å². The SMILES string of the molecule is O=C(NCC#Cc1cc(O)ccc1F)OCc1ccccc1. The highest BCUT2D eigenvalue weighted by atomic mass is 19.1. The first kappa shape index (κ1) is 15.4. The monoisotopic (exact) mass is 299 g/mol. The van der Waals surface area contributed by atoms with Gasteiger partial charge < -0.3 is 15.2 Å². The highest BCUT2D eigenvalue weighted by Gasteiger charge is 2.01. The Hall–Kier alpha value is -3.00. The Bertz CT molecular complexity index is 705. The van der Waals surface area contributed by atoms with Gasteiger partial charge in [0.15, 0.2) is 0 Å². The zero-order valence-electron chi connectivity index (χ0n) is 11.7. The van der Waals surface area contributed by atoms with Crippen molar-refractivity contribution in [2.24, 2.45) is 0 Å². The molecule has 2 rings (SSSR count). The minimum Gasteiger partial charge on any atom is -0.508 e. The second-order valence-corrected chi connectivity index (χ2v) is 4.38. The molecule has 0 aromatic heterocycles. The largest absolute Gasteiger partial charge is 0.508 e. The first-order valence-corrected chi connectivity index (χ1v) is 6.57. The van der Waals surface area contributed by atoms with Crippen molar-refractivity contribution in [3.8, 4) is 17.6 Å². The summed E-state index contributed by atoms with van der Waals surface area (Å²) in [5, 5.41) is 11.7. The molecule has 0 unspecified atom stereocenters. The molecule has 0 fully saturated rings. The lowest BCUT2D eigenvalue weighted by molar-refractivity contribution is 0.141. The summed E-state index contributed by atoms with van der Waals surface area (Å²) in [4.78, 5) is 11.4. The van der Waals surface area contributed by atoms with Gasteiger partial charge in [-0.05, 0) is 23.8 Å². The van der Waals surface area contributed by atoms with E-state index in [0.717, 1.165) is 11.6 Å². The number of phenolic OH excluding ortho intramolecular Hbond substituents is 1. The minimum atomic E-state index is -0.602. The number of hydrogen-bond acceptors (Lipinski definition) is 3. The zero-order valence-corrected chi connectivity index (χ0v) is 11.7. The van der Waals surface area contributed by atoms with Gasteiger partial charge in [-0.15, -0.1) is 0 Å². The van der Waals surface area contributed by atoms with Crippen molar-refractivity contribution in [1.82, 2.24) is 5.32 Å². The van der Waals surface area contributed by atoms with Gasteiger partial charge >= 0.3 is 6.09 Å². The average molecular weight is 299 g/mol. The van der Waals surface area contributed by atoms with E-state index in [-0.39, 0.29) is 24.5 Å². The fourth-order valence-corrected chi connectivity index (χ4v) is 1.64. The van der Waals surface area contributed by atoms with Gasteiger partial charge in [0, 0.05) is 0 Å². The third-order valence-corrected chi connectivity index (χ3v) is 2.71.